The molecule has 1 aromatic carbocycles. The van der Waals surface area contributed by atoms with Crippen LogP contribution in [0, 0.1) is 23.2 Å². The molecule has 0 bridgehead atoms. The van der Waals surface area contributed by atoms with Gasteiger partial charge in [-0.2, -0.15) is 5.26 Å². The zero-order valence-electron chi connectivity index (χ0n) is 11.7. The van der Waals surface area contributed by atoms with Crippen LogP contribution in [0.1, 0.15) is 44.6 Å². The molecule has 0 atom stereocenters. The second-order valence-electron chi connectivity index (χ2n) is 5.76. The molecule has 0 aliphatic heterocycles. The minimum atomic E-state index is 0.548. The molecule has 0 saturated heterocycles. The Balaban J connectivity index is 1.77. The molecule has 1 aromatic rings. The molecule has 0 amide bonds. The van der Waals surface area contributed by atoms with Crippen LogP contribution in [0.25, 0.3) is 0 Å². The molecule has 1 aliphatic rings. The summed E-state index contributed by atoms with van der Waals surface area (Å²) in [7, 11) is 0. The largest absolute Gasteiger partial charge is 0.398 e. The molecule has 0 radical (unpaired) electrons. The molecule has 1 saturated carbocycles. The second-order valence-corrected chi connectivity index (χ2v) is 5.76. The van der Waals surface area contributed by atoms with Gasteiger partial charge in [0.2, 0.25) is 0 Å². The molecule has 3 nitrogen and oxygen atoms in total. The summed E-state index contributed by atoms with van der Waals surface area (Å²) in [5, 5.41) is 12.2. The fourth-order valence-electron chi connectivity index (χ4n) is 2.81. The Morgan fingerprint density at radius 1 is 1.32 bits per heavy atom. The predicted molar refractivity (Wildman–Crippen MR) is 79.8 cm³/mol. The number of nitrogens with zero attached hydrogens (tertiary/aromatic N) is 1. The summed E-state index contributed by atoms with van der Waals surface area (Å²) < 4.78 is 0. The highest BCUT2D eigenvalue weighted by molar-refractivity contribution is 5.62. The SMILES string of the molecule is CC1CCC(CCNc2ccc(C#N)c(N)c2)CC1. The molecule has 0 unspecified atom stereocenters. The van der Waals surface area contributed by atoms with Crippen molar-refractivity contribution in [2.45, 2.75) is 39.0 Å². The summed E-state index contributed by atoms with van der Waals surface area (Å²) in [4.78, 5) is 0. The van der Waals surface area contributed by atoms with E-state index in [0.29, 0.717) is 11.3 Å². The number of benzene rings is 1. The Bertz CT molecular complexity index is 454. The van der Waals surface area contributed by atoms with Crippen LogP contribution in [0.5, 0.6) is 0 Å². The van der Waals surface area contributed by atoms with Gasteiger partial charge in [-0.3, -0.25) is 0 Å². The Hall–Kier alpha value is -1.69. The van der Waals surface area contributed by atoms with Gasteiger partial charge in [-0.05, 0) is 36.5 Å². The molecule has 1 fully saturated rings. The standard InChI is InChI=1S/C16H23N3/c1-12-2-4-13(5-3-12)8-9-19-15-7-6-14(11-17)16(18)10-15/h6-7,10,12-13,19H,2-5,8-9,18H2,1H3. The first-order valence-electron chi connectivity index (χ1n) is 7.22. The van der Waals surface area contributed by atoms with Gasteiger partial charge in [-0.1, -0.05) is 32.6 Å². The van der Waals surface area contributed by atoms with Gasteiger partial charge >= 0.3 is 0 Å². The van der Waals surface area contributed by atoms with Gasteiger partial charge in [0.05, 0.1) is 11.3 Å². The average molecular weight is 257 g/mol. The zero-order valence-corrected chi connectivity index (χ0v) is 11.7. The van der Waals surface area contributed by atoms with Crippen molar-refractivity contribution in [1.29, 1.82) is 5.26 Å². The molecule has 102 valence electrons. The third-order valence-electron chi connectivity index (χ3n) is 4.19. The Morgan fingerprint density at radius 2 is 2.05 bits per heavy atom. The molecule has 3 N–H and O–H groups in total. The average Bonchev–Trinajstić information content (AvgIpc) is 2.41. The minimum absolute atomic E-state index is 0.548. The third kappa shape index (κ3) is 3.89. The van der Waals surface area contributed by atoms with Crippen molar-refractivity contribution in [2.75, 3.05) is 17.6 Å². The fourth-order valence-corrected chi connectivity index (χ4v) is 2.81. The van der Waals surface area contributed by atoms with Crippen LogP contribution in [0.2, 0.25) is 0 Å². The summed E-state index contributed by atoms with van der Waals surface area (Å²) in [5.74, 6) is 1.79. The summed E-state index contributed by atoms with van der Waals surface area (Å²) in [6.07, 6.45) is 6.74. The van der Waals surface area contributed by atoms with Crippen LogP contribution in [0.15, 0.2) is 18.2 Å². The maximum Gasteiger partial charge on any atom is 0.101 e. The van der Waals surface area contributed by atoms with Crippen LogP contribution >= 0.6 is 0 Å². The lowest BCUT2D eigenvalue weighted by atomic mass is 9.81. The van der Waals surface area contributed by atoms with Gasteiger partial charge in [0.25, 0.3) is 0 Å². The van der Waals surface area contributed by atoms with Crippen molar-refractivity contribution in [1.82, 2.24) is 0 Å². The Labute approximate surface area is 115 Å². The summed E-state index contributed by atoms with van der Waals surface area (Å²) in [6, 6.07) is 7.64. The Kier molecular flexibility index (Phi) is 4.68. The second kappa shape index (κ2) is 6.47. The third-order valence-corrected chi connectivity index (χ3v) is 4.19. The molecule has 1 aliphatic carbocycles. The van der Waals surface area contributed by atoms with E-state index in [1.54, 1.807) is 6.07 Å². The van der Waals surface area contributed by atoms with E-state index >= 15 is 0 Å². The normalized spacial score (nSPS) is 22.7. The summed E-state index contributed by atoms with van der Waals surface area (Å²) in [5.41, 5.74) is 7.92. The van der Waals surface area contributed by atoms with Crippen LogP contribution in [-0.2, 0) is 0 Å². The maximum absolute atomic E-state index is 8.83. The highest BCUT2D eigenvalue weighted by atomic mass is 14.9. The van der Waals surface area contributed by atoms with Crippen molar-refractivity contribution in [3.8, 4) is 6.07 Å². The molecular formula is C16H23N3. The summed E-state index contributed by atoms with van der Waals surface area (Å²) >= 11 is 0. The molecule has 19 heavy (non-hydrogen) atoms. The maximum atomic E-state index is 8.83. The van der Waals surface area contributed by atoms with Gasteiger partial charge in [0, 0.05) is 12.2 Å². The number of nitriles is 1. The number of hydrogen-bond acceptors (Lipinski definition) is 3. The first-order valence-corrected chi connectivity index (χ1v) is 7.22. The van der Waals surface area contributed by atoms with E-state index in [-0.39, 0.29) is 0 Å². The lowest BCUT2D eigenvalue weighted by Gasteiger charge is -2.26. The lowest BCUT2D eigenvalue weighted by molar-refractivity contribution is 0.282. The smallest absolute Gasteiger partial charge is 0.101 e. The van der Waals surface area contributed by atoms with E-state index in [0.717, 1.165) is 24.1 Å². The van der Waals surface area contributed by atoms with Crippen LogP contribution in [0.3, 0.4) is 0 Å². The van der Waals surface area contributed by atoms with Gasteiger partial charge < -0.3 is 11.1 Å². The van der Waals surface area contributed by atoms with E-state index in [1.165, 1.54) is 32.1 Å². The zero-order chi connectivity index (χ0) is 13.7. The number of nitrogens with one attached hydrogen (secondary N) is 1. The van der Waals surface area contributed by atoms with Crippen molar-refractivity contribution >= 4 is 11.4 Å². The summed E-state index contributed by atoms with van der Waals surface area (Å²) in [6.45, 7) is 3.35. The number of anilines is 2. The van der Waals surface area contributed by atoms with Crippen molar-refractivity contribution < 1.29 is 0 Å². The molecule has 2 rings (SSSR count). The van der Waals surface area contributed by atoms with Gasteiger partial charge in [-0.15, -0.1) is 0 Å². The van der Waals surface area contributed by atoms with Gasteiger partial charge in [-0.25, -0.2) is 0 Å². The van der Waals surface area contributed by atoms with E-state index in [4.69, 9.17) is 11.0 Å². The van der Waals surface area contributed by atoms with Crippen molar-refractivity contribution in [2.24, 2.45) is 11.8 Å². The fraction of sp³-hybridized carbons (Fsp3) is 0.562. The number of nitrogens with two attached hydrogens (primary N) is 1. The first kappa shape index (κ1) is 13.7. The number of hydrogen-bond donors (Lipinski definition) is 2. The number of rotatable bonds is 4. The topological polar surface area (TPSA) is 61.8 Å². The highest BCUT2D eigenvalue weighted by Crippen LogP contribution is 2.30. The monoisotopic (exact) mass is 257 g/mol. The number of nitrogen functional groups attached to an aromatic ring is 1. The van der Waals surface area contributed by atoms with Crippen LogP contribution in [0.4, 0.5) is 11.4 Å². The predicted octanol–water partition coefficient (Wildman–Crippen LogP) is 3.77. The van der Waals surface area contributed by atoms with E-state index in [1.807, 2.05) is 12.1 Å². The van der Waals surface area contributed by atoms with Crippen molar-refractivity contribution in [3.63, 3.8) is 0 Å². The molecule has 0 aromatic heterocycles. The van der Waals surface area contributed by atoms with Crippen molar-refractivity contribution in [3.05, 3.63) is 23.8 Å². The van der Waals surface area contributed by atoms with Gasteiger partial charge in [0.1, 0.15) is 6.07 Å². The van der Waals surface area contributed by atoms with Crippen LogP contribution in [-0.4, -0.2) is 6.54 Å². The van der Waals surface area contributed by atoms with E-state index in [2.05, 4.69) is 18.3 Å². The van der Waals surface area contributed by atoms with E-state index in [9.17, 15) is 0 Å². The minimum Gasteiger partial charge on any atom is -0.398 e. The highest BCUT2D eigenvalue weighted by Gasteiger charge is 2.17. The molecule has 0 heterocycles. The molecular weight excluding hydrogens is 234 g/mol. The molecule has 3 heteroatoms. The van der Waals surface area contributed by atoms with Gasteiger partial charge in [0.15, 0.2) is 0 Å². The first-order chi connectivity index (χ1) is 9.19. The molecule has 0 spiro atoms. The van der Waals surface area contributed by atoms with Crippen LogP contribution < -0.4 is 11.1 Å². The quantitative estimate of drug-likeness (QED) is 0.807. The lowest BCUT2D eigenvalue weighted by Crippen LogP contribution is -2.15. The van der Waals surface area contributed by atoms with E-state index < -0.39 is 0 Å². The Morgan fingerprint density at radius 3 is 2.68 bits per heavy atom.